The lowest BCUT2D eigenvalue weighted by atomic mass is 9.68. The van der Waals surface area contributed by atoms with Crippen molar-refractivity contribution in [3.63, 3.8) is 0 Å². The fraction of sp³-hybridized carbons (Fsp3) is 0.647. The lowest BCUT2D eigenvalue weighted by molar-refractivity contribution is 0.166. The van der Waals surface area contributed by atoms with Crippen molar-refractivity contribution in [2.45, 2.75) is 56.4 Å². The van der Waals surface area contributed by atoms with Crippen LogP contribution in [0.25, 0.3) is 0 Å². The summed E-state index contributed by atoms with van der Waals surface area (Å²) in [6, 6.07) is 7.90. The van der Waals surface area contributed by atoms with E-state index in [9.17, 15) is 8.42 Å². The zero-order valence-electron chi connectivity index (χ0n) is 12.7. The molecule has 0 amide bonds. The largest absolute Gasteiger partial charge is 0.382 e. The van der Waals surface area contributed by atoms with E-state index in [0.717, 1.165) is 17.5 Å². The highest BCUT2D eigenvalue weighted by molar-refractivity contribution is 7.91. The summed E-state index contributed by atoms with van der Waals surface area (Å²) in [5, 5.41) is 3.68. The Morgan fingerprint density at radius 3 is 1.95 bits per heavy atom. The number of sulfone groups is 1. The van der Waals surface area contributed by atoms with Crippen LogP contribution in [0, 0.1) is 11.8 Å². The van der Waals surface area contributed by atoms with Crippen LogP contribution in [0.4, 0.5) is 5.69 Å². The van der Waals surface area contributed by atoms with E-state index in [4.69, 9.17) is 0 Å². The van der Waals surface area contributed by atoms with E-state index in [1.54, 1.807) is 19.1 Å². The van der Waals surface area contributed by atoms with Gasteiger partial charge in [0.2, 0.25) is 0 Å². The molecule has 0 spiro atoms. The fourth-order valence-electron chi connectivity index (χ4n) is 3.34. The zero-order chi connectivity index (χ0) is 14.9. The van der Waals surface area contributed by atoms with Crippen LogP contribution in [0.1, 0.15) is 45.4 Å². The molecule has 1 aromatic rings. The third-order valence-corrected chi connectivity index (χ3v) is 6.99. The topological polar surface area (TPSA) is 46.2 Å². The van der Waals surface area contributed by atoms with Gasteiger partial charge < -0.3 is 5.32 Å². The molecule has 0 unspecified atom stereocenters. The summed E-state index contributed by atoms with van der Waals surface area (Å²) in [6.45, 7) is 1.69. The van der Waals surface area contributed by atoms with Gasteiger partial charge in [0, 0.05) is 11.7 Å². The van der Waals surface area contributed by atoms with Crippen LogP contribution in [-0.2, 0) is 9.84 Å². The summed E-state index contributed by atoms with van der Waals surface area (Å²) in [5.41, 5.74) is 1.06. The minimum absolute atomic E-state index is 0.159. The first-order valence-corrected chi connectivity index (χ1v) is 9.85. The number of rotatable bonds is 6. The van der Waals surface area contributed by atoms with Gasteiger partial charge in [0.05, 0.1) is 10.6 Å². The van der Waals surface area contributed by atoms with E-state index in [2.05, 4.69) is 5.32 Å². The van der Waals surface area contributed by atoms with E-state index in [0.29, 0.717) is 10.9 Å². The van der Waals surface area contributed by atoms with Crippen molar-refractivity contribution in [1.29, 1.82) is 0 Å². The van der Waals surface area contributed by atoms with E-state index >= 15 is 0 Å². The molecule has 0 saturated heterocycles. The first-order chi connectivity index (χ1) is 10.1. The summed E-state index contributed by atoms with van der Waals surface area (Å²) in [6.07, 6.45) is 8.10. The standard InChI is InChI=1S/C17H25NO2S/c1-2-21(19,20)16-11-9-15(10-12-16)18-17(13-5-3-6-13)14-7-4-8-14/h9-14,17-18H,2-8H2,1H3. The third kappa shape index (κ3) is 3.10. The molecule has 21 heavy (non-hydrogen) atoms. The lowest BCUT2D eigenvalue weighted by Crippen LogP contribution is -2.42. The van der Waals surface area contributed by atoms with Gasteiger partial charge in [0.1, 0.15) is 0 Å². The minimum Gasteiger partial charge on any atom is -0.382 e. The second-order valence-corrected chi connectivity index (χ2v) is 8.76. The van der Waals surface area contributed by atoms with E-state index in [-0.39, 0.29) is 5.75 Å². The molecular weight excluding hydrogens is 282 g/mol. The van der Waals surface area contributed by atoms with Crippen molar-refractivity contribution in [2.24, 2.45) is 11.8 Å². The quantitative estimate of drug-likeness (QED) is 0.868. The van der Waals surface area contributed by atoms with Crippen molar-refractivity contribution < 1.29 is 8.42 Å². The average molecular weight is 307 g/mol. The van der Waals surface area contributed by atoms with Gasteiger partial charge in [-0.25, -0.2) is 8.42 Å². The number of anilines is 1. The summed E-state index contributed by atoms with van der Waals surface area (Å²) in [7, 11) is -3.09. The molecule has 2 aliphatic carbocycles. The Balaban J connectivity index is 1.71. The molecule has 3 nitrogen and oxygen atoms in total. The highest BCUT2D eigenvalue weighted by Crippen LogP contribution is 2.41. The third-order valence-electron chi connectivity index (χ3n) is 5.24. The Labute approximate surface area is 128 Å². The molecule has 2 fully saturated rings. The maximum Gasteiger partial charge on any atom is 0.178 e. The molecule has 0 radical (unpaired) electrons. The van der Waals surface area contributed by atoms with Gasteiger partial charge in [-0.15, -0.1) is 0 Å². The molecule has 2 saturated carbocycles. The van der Waals surface area contributed by atoms with Crippen molar-refractivity contribution >= 4 is 15.5 Å². The highest BCUT2D eigenvalue weighted by atomic mass is 32.2. The van der Waals surface area contributed by atoms with Crippen LogP contribution in [-0.4, -0.2) is 20.2 Å². The van der Waals surface area contributed by atoms with Gasteiger partial charge in [-0.05, 0) is 61.8 Å². The van der Waals surface area contributed by atoms with Crippen LogP contribution in [0.2, 0.25) is 0 Å². The van der Waals surface area contributed by atoms with Gasteiger partial charge >= 0.3 is 0 Å². The second kappa shape index (κ2) is 5.99. The fourth-order valence-corrected chi connectivity index (χ4v) is 4.22. The molecule has 116 valence electrons. The summed E-state index contributed by atoms with van der Waals surface area (Å²) >= 11 is 0. The number of benzene rings is 1. The first-order valence-electron chi connectivity index (χ1n) is 8.19. The van der Waals surface area contributed by atoms with Crippen LogP contribution in [0.15, 0.2) is 29.2 Å². The minimum atomic E-state index is -3.09. The van der Waals surface area contributed by atoms with Gasteiger partial charge in [-0.1, -0.05) is 19.8 Å². The molecule has 2 aliphatic rings. The van der Waals surface area contributed by atoms with Crippen molar-refractivity contribution in [2.75, 3.05) is 11.1 Å². The Morgan fingerprint density at radius 2 is 1.57 bits per heavy atom. The lowest BCUT2D eigenvalue weighted by Gasteiger charge is -2.43. The maximum absolute atomic E-state index is 11.8. The molecule has 4 heteroatoms. The SMILES string of the molecule is CCS(=O)(=O)c1ccc(NC(C2CCC2)C2CCC2)cc1. The maximum atomic E-state index is 11.8. The molecule has 0 aliphatic heterocycles. The van der Waals surface area contributed by atoms with Crippen LogP contribution in [0.3, 0.4) is 0 Å². The summed E-state index contributed by atoms with van der Waals surface area (Å²) in [5.74, 6) is 1.79. The Hall–Kier alpha value is -1.03. The molecule has 1 N–H and O–H groups in total. The van der Waals surface area contributed by atoms with Gasteiger partial charge in [0.25, 0.3) is 0 Å². The van der Waals surface area contributed by atoms with Crippen molar-refractivity contribution in [1.82, 2.24) is 0 Å². The van der Waals surface area contributed by atoms with Crippen molar-refractivity contribution in [3.8, 4) is 0 Å². The van der Waals surface area contributed by atoms with Crippen LogP contribution in [0.5, 0.6) is 0 Å². The monoisotopic (exact) mass is 307 g/mol. The Morgan fingerprint density at radius 1 is 1.05 bits per heavy atom. The average Bonchev–Trinajstić information content (AvgIpc) is 2.35. The van der Waals surface area contributed by atoms with Crippen LogP contribution < -0.4 is 5.32 Å². The second-order valence-electron chi connectivity index (χ2n) is 6.48. The Kier molecular flexibility index (Phi) is 4.25. The number of nitrogens with one attached hydrogen (secondary N) is 1. The molecule has 3 rings (SSSR count). The number of hydrogen-bond donors (Lipinski definition) is 1. The molecule has 1 aromatic carbocycles. The molecule has 0 atom stereocenters. The van der Waals surface area contributed by atoms with Crippen LogP contribution >= 0.6 is 0 Å². The molecule has 0 aromatic heterocycles. The first kappa shape index (κ1) is 14.9. The van der Waals surface area contributed by atoms with E-state index in [1.807, 2.05) is 12.1 Å². The molecular formula is C17H25NO2S. The predicted octanol–water partition coefficient (Wildman–Crippen LogP) is 3.86. The molecule has 0 bridgehead atoms. The predicted molar refractivity (Wildman–Crippen MR) is 86.3 cm³/mol. The summed E-state index contributed by atoms with van der Waals surface area (Å²) < 4.78 is 23.7. The molecule has 0 heterocycles. The number of hydrogen-bond acceptors (Lipinski definition) is 3. The Bertz CT molecular complexity index is 557. The van der Waals surface area contributed by atoms with Crippen molar-refractivity contribution in [3.05, 3.63) is 24.3 Å². The summed E-state index contributed by atoms with van der Waals surface area (Å²) in [4.78, 5) is 0.430. The van der Waals surface area contributed by atoms with E-state index < -0.39 is 9.84 Å². The highest BCUT2D eigenvalue weighted by Gasteiger charge is 2.35. The van der Waals surface area contributed by atoms with Gasteiger partial charge in [-0.3, -0.25) is 0 Å². The zero-order valence-corrected chi connectivity index (χ0v) is 13.5. The van der Waals surface area contributed by atoms with Gasteiger partial charge in [0.15, 0.2) is 9.84 Å². The smallest absolute Gasteiger partial charge is 0.178 e. The van der Waals surface area contributed by atoms with Gasteiger partial charge in [-0.2, -0.15) is 0 Å². The normalized spacial score (nSPS) is 20.1. The van der Waals surface area contributed by atoms with E-state index in [1.165, 1.54) is 38.5 Å².